The molecule has 1 fully saturated rings. The summed E-state index contributed by atoms with van der Waals surface area (Å²) >= 11 is 5.77. The quantitative estimate of drug-likeness (QED) is 0.865. The molecule has 1 aliphatic carbocycles. The van der Waals surface area contributed by atoms with Crippen molar-refractivity contribution in [1.82, 2.24) is 0 Å². The van der Waals surface area contributed by atoms with Crippen LogP contribution in [0, 0.1) is 11.7 Å². The fraction of sp³-hybridized carbons (Fsp3) is 0.500. The molecule has 1 saturated carbocycles. The molecule has 0 radical (unpaired) electrons. The van der Waals surface area contributed by atoms with Gasteiger partial charge in [0.05, 0.1) is 0 Å². The zero-order chi connectivity index (χ0) is 11.7. The largest absolute Gasteiger partial charge is 0.505 e. The predicted molar refractivity (Wildman–Crippen MR) is 69.2 cm³/mol. The summed E-state index contributed by atoms with van der Waals surface area (Å²) in [6.45, 7) is 0. The van der Waals surface area contributed by atoms with E-state index in [1.807, 2.05) is 0 Å². The topological polar surface area (TPSA) is 46.2 Å². The van der Waals surface area contributed by atoms with Crippen molar-refractivity contribution in [2.75, 3.05) is 0 Å². The average Bonchev–Trinajstić information content (AvgIpc) is 2.75. The Balaban J connectivity index is 0.00000144. The summed E-state index contributed by atoms with van der Waals surface area (Å²) in [4.78, 5) is 0. The van der Waals surface area contributed by atoms with E-state index in [4.69, 9.17) is 17.3 Å². The number of hydrogen-bond donors (Lipinski definition) is 2. The van der Waals surface area contributed by atoms with Gasteiger partial charge in [-0.05, 0) is 30.9 Å². The van der Waals surface area contributed by atoms with Crippen LogP contribution in [0.1, 0.15) is 37.3 Å². The van der Waals surface area contributed by atoms with Gasteiger partial charge in [0, 0.05) is 16.6 Å². The second kappa shape index (κ2) is 5.89. The summed E-state index contributed by atoms with van der Waals surface area (Å²) in [5, 5.41) is 9.92. The van der Waals surface area contributed by atoms with Crippen LogP contribution in [0.4, 0.5) is 4.39 Å². The number of benzene rings is 1. The van der Waals surface area contributed by atoms with Gasteiger partial charge in [-0.3, -0.25) is 0 Å². The number of phenolic OH excluding ortho intramolecular Hbond substituents is 1. The van der Waals surface area contributed by atoms with Crippen LogP contribution < -0.4 is 5.73 Å². The van der Waals surface area contributed by atoms with Crippen molar-refractivity contribution in [3.63, 3.8) is 0 Å². The molecule has 5 heteroatoms. The van der Waals surface area contributed by atoms with Crippen molar-refractivity contribution < 1.29 is 9.50 Å². The van der Waals surface area contributed by atoms with Crippen LogP contribution in [0.25, 0.3) is 0 Å². The molecule has 2 nitrogen and oxygen atoms in total. The Hall–Kier alpha value is -0.510. The van der Waals surface area contributed by atoms with Crippen molar-refractivity contribution in [1.29, 1.82) is 0 Å². The Bertz CT molecular complexity index is 394. The second-order valence-corrected chi connectivity index (χ2v) is 4.83. The van der Waals surface area contributed by atoms with Crippen LogP contribution in [-0.4, -0.2) is 5.11 Å². The average molecular weight is 280 g/mol. The molecule has 0 unspecified atom stereocenters. The standard InChI is InChI=1S/C12H15ClFNO.ClH/c13-8-5-9(12(16)10(14)6-8)11(15)7-3-1-2-4-7;/h5-7,11,16H,1-4,15H2;1H/t11-;/m0./s1. The van der Waals surface area contributed by atoms with Crippen LogP contribution in [0.2, 0.25) is 5.02 Å². The van der Waals surface area contributed by atoms with E-state index in [0.717, 1.165) is 31.7 Å². The zero-order valence-electron chi connectivity index (χ0n) is 9.33. The van der Waals surface area contributed by atoms with E-state index in [2.05, 4.69) is 0 Å². The number of phenols is 1. The van der Waals surface area contributed by atoms with E-state index in [1.54, 1.807) is 6.07 Å². The molecule has 0 spiro atoms. The van der Waals surface area contributed by atoms with Crippen molar-refractivity contribution in [2.24, 2.45) is 11.7 Å². The van der Waals surface area contributed by atoms with Gasteiger partial charge in [0.15, 0.2) is 11.6 Å². The van der Waals surface area contributed by atoms with E-state index in [9.17, 15) is 9.50 Å². The Morgan fingerprint density at radius 1 is 1.35 bits per heavy atom. The molecule has 0 amide bonds. The van der Waals surface area contributed by atoms with E-state index < -0.39 is 5.82 Å². The van der Waals surface area contributed by atoms with E-state index >= 15 is 0 Å². The van der Waals surface area contributed by atoms with Gasteiger partial charge in [0.2, 0.25) is 0 Å². The minimum absolute atomic E-state index is 0. The minimum atomic E-state index is -0.698. The van der Waals surface area contributed by atoms with Gasteiger partial charge in [-0.2, -0.15) is 0 Å². The maximum Gasteiger partial charge on any atom is 0.166 e. The summed E-state index contributed by atoms with van der Waals surface area (Å²) in [5.74, 6) is -0.733. The molecule has 0 saturated heterocycles. The van der Waals surface area contributed by atoms with Gasteiger partial charge >= 0.3 is 0 Å². The first-order chi connectivity index (χ1) is 7.59. The van der Waals surface area contributed by atoms with Crippen molar-refractivity contribution in [2.45, 2.75) is 31.7 Å². The number of aromatic hydroxyl groups is 1. The number of nitrogens with two attached hydrogens (primary N) is 1. The summed E-state index contributed by atoms with van der Waals surface area (Å²) < 4.78 is 13.3. The summed E-state index contributed by atoms with van der Waals surface area (Å²) in [6, 6.07) is 2.33. The minimum Gasteiger partial charge on any atom is -0.505 e. The Morgan fingerprint density at radius 3 is 2.53 bits per heavy atom. The number of halogens is 3. The lowest BCUT2D eigenvalue weighted by atomic mass is 9.92. The predicted octanol–water partition coefficient (Wildman–Crippen LogP) is 3.80. The van der Waals surface area contributed by atoms with E-state index in [-0.39, 0.29) is 29.2 Å². The van der Waals surface area contributed by atoms with E-state index in [0.29, 0.717) is 11.5 Å². The van der Waals surface area contributed by atoms with Gasteiger partial charge in [0.1, 0.15) is 0 Å². The highest BCUT2D eigenvalue weighted by atomic mass is 35.5. The first-order valence-electron chi connectivity index (χ1n) is 5.53. The van der Waals surface area contributed by atoms with Gasteiger partial charge in [0.25, 0.3) is 0 Å². The molecule has 1 aromatic carbocycles. The zero-order valence-corrected chi connectivity index (χ0v) is 10.9. The van der Waals surface area contributed by atoms with Gasteiger partial charge in [-0.1, -0.05) is 24.4 Å². The third-order valence-electron chi connectivity index (χ3n) is 3.32. The molecule has 1 aliphatic rings. The second-order valence-electron chi connectivity index (χ2n) is 4.40. The molecule has 1 atom stereocenters. The highest BCUT2D eigenvalue weighted by molar-refractivity contribution is 6.30. The first-order valence-corrected chi connectivity index (χ1v) is 5.91. The Kier molecular flexibility index (Phi) is 5.04. The molecule has 1 aromatic rings. The molecule has 0 aromatic heterocycles. The third kappa shape index (κ3) is 3.03. The highest BCUT2D eigenvalue weighted by Gasteiger charge is 2.26. The molecule has 0 aliphatic heterocycles. The fourth-order valence-corrected chi connectivity index (χ4v) is 2.62. The molecular weight excluding hydrogens is 264 g/mol. The smallest absolute Gasteiger partial charge is 0.166 e. The van der Waals surface area contributed by atoms with Crippen LogP contribution in [0.5, 0.6) is 5.75 Å². The molecule has 2 rings (SSSR count). The number of hydrogen-bond acceptors (Lipinski definition) is 2. The lowest BCUT2D eigenvalue weighted by Crippen LogP contribution is -2.19. The monoisotopic (exact) mass is 279 g/mol. The Morgan fingerprint density at radius 2 is 1.94 bits per heavy atom. The fourth-order valence-electron chi connectivity index (χ4n) is 2.41. The van der Waals surface area contributed by atoms with E-state index in [1.165, 1.54) is 0 Å². The van der Waals surface area contributed by atoms with Crippen LogP contribution in [0.3, 0.4) is 0 Å². The summed E-state index contributed by atoms with van der Waals surface area (Å²) in [7, 11) is 0. The van der Waals surface area contributed by atoms with Crippen molar-refractivity contribution in [3.05, 3.63) is 28.5 Å². The maximum absolute atomic E-state index is 13.3. The van der Waals surface area contributed by atoms with Crippen molar-refractivity contribution in [3.8, 4) is 5.75 Å². The SMILES string of the molecule is Cl.N[C@H](c1cc(Cl)cc(F)c1O)C1CCCC1. The third-order valence-corrected chi connectivity index (χ3v) is 3.54. The summed E-state index contributed by atoms with van der Waals surface area (Å²) in [6.07, 6.45) is 4.38. The lowest BCUT2D eigenvalue weighted by Gasteiger charge is -2.20. The molecular formula is C12H16Cl2FNO. The normalized spacial score (nSPS) is 17.8. The van der Waals surface area contributed by atoms with Gasteiger partial charge in [-0.15, -0.1) is 12.4 Å². The van der Waals surface area contributed by atoms with Gasteiger partial charge < -0.3 is 10.8 Å². The molecule has 17 heavy (non-hydrogen) atoms. The maximum atomic E-state index is 13.3. The van der Waals surface area contributed by atoms with Crippen LogP contribution in [0.15, 0.2) is 12.1 Å². The molecule has 0 heterocycles. The molecule has 96 valence electrons. The molecule has 0 bridgehead atoms. The summed E-state index contributed by atoms with van der Waals surface area (Å²) in [5.41, 5.74) is 6.48. The van der Waals surface area contributed by atoms with Crippen molar-refractivity contribution >= 4 is 24.0 Å². The Labute approximate surface area is 111 Å². The van der Waals surface area contributed by atoms with Crippen LogP contribution in [-0.2, 0) is 0 Å². The first kappa shape index (κ1) is 14.6. The number of rotatable bonds is 2. The molecule has 3 N–H and O–H groups in total. The van der Waals surface area contributed by atoms with Crippen LogP contribution >= 0.6 is 24.0 Å². The van der Waals surface area contributed by atoms with Gasteiger partial charge in [-0.25, -0.2) is 4.39 Å². The highest BCUT2D eigenvalue weighted by Crippen LogP contribution is 2.39. The lowest BCUT2D eigenvalue weighted by molar-refractivity contribution is 0.392.